The average molecular weight is 627 g/mol. The number of nitrogens with zero attached hydrogens (tertiary/aromatic N) is 3. The highest BCUT2D eigenvalue weighted by Crippen LogP contribution is 2.61. The lowest BCUT2D eigenvalue weighted by Crippen LogP contribution is -2.57. The third-order valence-electron chi connectivity index (χ3n) is 10.5. The molecule has 2 heterocycles. The third-order valence-corrected chi connectivity index (χ3v) is 11.1. The van der Waals surface area contributed by atoms with Crippen LogP contribution in [-0.2, 0) is 6.42 Å². The molecule has 6 atom stereocenters. The topological polar surface area (TPSA) is 97.3 Å². The summed E-state index contributed by atoms with van der Waals surface area (Å²) in [6, 6.07) is 10.2. The maximum absolute atomic E-state index is 13.6. The fraction of sp³-hybridized carbons (Fsp3) is 0.545. The molecule has 3 aliphatic carbocycles. The van der Waals surface area contributed by atoms with Crippen molar-refractivity contribution in [3.05, 3.63) is 63.1 Å². The second-order valence-corrected chi connectivity index (χ2v) is 14.3. The summed E-state index contributed by atoms with van der Waals surface area (Å²) >= 11 is 12.4. The van der Waals surface area contributed by atoms with Crippen molar-refractivity contribution in [1.82, 2.24) is 15.1 Å². The Morgan fingerprint density at radius 1 is 1.12 bits per heavy atom. The van der Waals surface area contributed by atoms with Crippen LogP contribution in [0.15, 0.2) is 41.4 Å². The molecular formula is C33H41Cl2N5O3. The van der Waals surface area contributed by atoms with Crippen molar-refractivity contribution in [2.24, 2.45) is 28.2 Å². The van der Waals surface area contributed by atoms with Crippen molar-refractivity contribution in [3.8, 4) is 0 Å². The van der Waals surface area contributed by atoms with Gasteiger partial charge in [-0.3, -0.25) is 14.5 Å². The predicted molar refractivity (Wildman–Crippen MR) is 171 cm³/mol. The molecule has 3 saturated carbocycles. The second kappa shape index (κ2) is 11.7. The molecule has 0 unspecified atom stereocenters. The number of rotatable bonds is 6. The number of guanidine groups is 1. The lowest BCUT2D eigenvalue weighted by atomic mass is 9.45. The van der Waals surface area contributed by atoms with Crippen LogP contribution in [-0.4, -0.2) is 77.0 Å². The van der Waals surface area contributed by atoms with Gasteiger partial charge in [0, 0.05) is 41.4 Å². The lowest BCUT2D eigenvalue weighted by molar-refractivity contribution is -0.108. The van der Waals surface area contributed by atoms with Crippen LogP contribution in [0.3, 0.4) is 0 Å². The van der Waals surface area contributed by atoms with Crippen LogP contribution in [0.2, 0.25) is 10.0 Å². The fourth-order valence-electron chi connectivity index (χ4n) is 7.74. The molecule has 0 aromatic heterocycles. The van der Waals surface area contributed by atoms with E-state index in [0.717, 1.165) is 36.9 Å². The predicted octanol–water partition coefficient (Wildman–Crippen LogP) is 5.33. The Labute approximate surface area is 263 Å². The highest BCUT2D eigenvalue weighted by molar-refractivity contribution is 6.35. The number of anilines is 1. The van der Waals surface area contributed by atoms with Gasteiger partial charge < -0.3 is 20.6 Å². The number of amides is 2. The normalized spacial score (nSPS) is 28.9. The minimum absolute atomic E-state index is 0.222. The van der Waals surface area contributed by atoms with Gasteiger partial charge in [0.25, 0.3) is 11.8 Å². The van der Waals surface area contributed by atoms with Gasteiger partial charge in [-0.05, 0) is 85.3 Å². The molecule has 4 fully saturated rings. The molecular weight excluding hydrogens is 585 g/mol. The molecule has 1 saturated heterocycles. The number of hydrogen-bond donors (Lipinski definition) is 3. The van der Waals surface area contributed by atoms with Gasteiger partial charge in [-0.15, -0.1) is 0 Å². The van der Waals surface area contributed by atoms with Crippen LogP contribution in [0.5, 0.6) is 0 Å². The Morgan fingerprint density at radius 3 is 2.56 bits per heavy atom. The van der Waals surface area contributed by atoms with Crippen LogP contribution >= 0.6 is 23.2 Å². The zero-order valence-corrected chi connectivity index (χ0v) is 26.8. The number of imide groups is 1. The summed E-state index contributed by atoms with van der Waals surface area (Å²) in [5, 5.41) is 18.2. The van der Waals surface area contributed by atoms with Gasteiger partial charge in [-0.1, -0.05) is 50.0 Å². The van der Waals surface area contributed by atoms with Crippen molar-refractivity contribution in [1.29, 1.82) is 0 Å². The van der Waals surface area contributed by atoms with Crippen LogP contribution < -0.4 is 10.6 Å². The van der Waals surface area contributed by atoms with E-state index in [4.69, 9.17) is 28.2 Å². The molecule has 2 aromatic rings. The quantitative estimate of drug-likeness (QED) is 0.228. The highest BCUT2D eigenvalue weighted by atomic mass is 35.5. The number of fused-ring (bicyclic) bond motifs is 3. The van der Waals surface area contributed by atoms with Gasteiger partial charge in [0.05, 0.1) is 29.8 Å². The SMILES string of the molecule is C[C@@H]1[C@@H](/N=C(\Nc2ccc3c(c2)C(=O)N([C@H](CO)Cc2ccc(Cl)cc2Cl)C3=O)N2CCN[C@@H](C)C2)C[C@H]2C[C@@H]1C2(C)C. The molecule has 43 heavy (non-hydrogen) atoms. The Kier molecular flexibility index (Phi) is 8.26. The highest BCUT2D eigenvalue weighted by Gasteiger charge is 2.56. The summed E-state index contributed by atoms with van der Waals surface area (Å²) in [4.78, 5) is 35.9. The van der Waals surface area contributed by atoms with Crippen molar-refractivity contribution in [2.75, 3.05) is 31.6 Å². The molecule has 2 aliphatic heterocycles. The first kappa shape index (κ1) is 30.4. The van der Waals surface area contributed by atoms with E-state index in [1.54, 1.807) is 30.3 Å². The average Bonchev–Trinajstić information content (AvgIpc) is 3.21. The number of aliphatic hydroxyl groups excluding tert-OH is 1. The lowest BCUT2D eigenvalue weighted by Gasteiger charge is -2.61. The number of piperazine rings is 1. The van der Waals surface area contributed by atoms with Crippen molar-refractivity contribution in [2.45, 2.75) is 65.1 Å². The molecule has 5 aliphatic rings. The molecule has 7 rings (SSSR count). The zero-order valence-electron chi connectivity index (χ0n) is 25.2. The molecule has 2 amide bonds. The summed E-state index contributed by atoms with van der Waals surface area (Å²) in [7, 11) is 0. The van der Waals surface area contributed by atoms with E-state index in [9.17, 15) is 14.7 Å². The van der Waals surface area contributed by atoms with E-state index in [-0.39, 0.29) is 19.1 Å². The van der Waals surface area contributed by atoms with Gasteiger partial charge in [0.15, 0.2) is 5.96 Å². The number of benzene rings is 2. The van der Waals surface area contributed by atoms with Gasteiger partial charge in [-0.2, -0.15) is 0 Å². The number of aliphatic hydroxyl groups is 1. The Bertz CT molecular complexity index is 1460. The second-order valence-electron chi connectivity index (χ2n) is 13.4. The Hall–Kier alpha value is -2.65. The molecule has 3 N–H and O–H groups in total. The summed E-state index contributed by atoms with van der Waals surface area (Å²) in [5.74, 6) is 1.85. The van der Waals surface area contributed by atoms with Gasteiger partial charge in [-0.25, -0.2) is 4.99 Å². The minimum atomic E-state index is -0.759. The van der Waals surface area contributed by atoms with Gasteiger partial charge >= 0.3 is 0 Å². The van der Waals surface area contributed by atoms with E-state index >= 15 is 0 Å². The molecule has 2 aromatic carbocycles. The number of nitrogens with one attached hydrogen (secondary N) is 2. The number of carbonyl (C=O) groups excluding carboxylic acids is 2. The van der Waals surface area contributed by atoms with Gasteiger partial charge in [0.1, 0.15) is 0 Å². The number of carbonyl (C=O) groups is 2. The van der Waals surface area contributed by atoms with Crippen molar-refractivity contribution in [3.63, 3.8) is 0 Å². The molecule has 8 nitrogen and oxygen atoms in total. The van der Waals surface area contributed by atoms with Crippen LogP contribution in [0.25, 0.3) is 0 Å². The summed E-state index contributed by atoms with van der Waals surface area (Å²) in [6.07, 6.45) is 2.60. The largest absolute Gasteiger partial charge is 0.394 e. The van der Waals surface area contributed by atoms with Crippen LogP contribution in [0, 0.1) is 23.2 Å². The van der Waals surface area contributed by atoms with Crippen molar-refractivity contribution >= 4 is 46.7 Å². The Morgan fingerprint density at radius 2 is 1.88 bits per heavy atom. The molecule has 230 valence electrons. The smallest absolute Gasteiger partial charge is 0.261 e. The first-order valence-electron chi connectivity index (χ1n) is 15.4. The van der Waals surface area contributed by atoms with E-state index in [0.29, 0.717) is 61.6 Å². The maximum Gasteiger partial charge on any atom is 0.261 e. The first-order chi connectivity index (χ1) is 20.5. The molecule has 0 spiro atoms. The van der Waals surface area contributed by atoms with Crippen molar-refractivity contribution < 1.29 is 14.7 Å². The Balaban J connectivity index is 1.25. The molecule has 10 heteroatoms. The van der Waals surface area contributed by atoms with Crippen LogP contribution in [0.1, 0.15) is 66.8 Å². The molecule has 0 radical (unpaired) electrons. The standard InChI is InChI=1S/C33H41Cl2N5O3/c1-18-16-39(10-9-36-18)32(38-29-13-21-12-27(19(29)2)33(21,3)4)37-23-7-8-25-26(15-23)31(43)40(30(25)42)24(17-41)11-20-5-6-22(34)14-28(20)35/h5-8,14-15,18-19,21,24,27,29,36,41H,9-13,16-17H2,1-4H3,(H,37,38)/t18-,19-,21+,24-,27-,29-/m0/s1. The summed E-state index contributed by atoms with van der Waals surface area (Å²) < 4.78 is 0. The van der Waals surface area contributed by atoms with E-state index in [1.807, 2.05) is 6.07 Å². The number of halogens is 2. The zero-order chi connectivity index (χ0) is 30.6. The van der Waals surface area contributed by atoms with E-state index in [2.05, 4.69) is 43.2 Å². The fourth-order valence-corrected chi connectivity index (χ4v) is 8.23. The monoisotopic (exact) mass is 625 g/mol. The maximum atomic E-state index is 13.6. The van der Waals surface area contributed by atoms with Crippen LogP contribution in [0.4, 0.5) is 5.69 Å². The first-order valence-corrected chi connectivity index (χ1v) is 16.1. The summed E-state index contributed by atoms with van der Waals surface area (Å²) in [5.41, 5.74) is 2.44. The molecule has 2 bridgehead atoms. The number of aliphatic imine (C=N–C) groups is 1. The summed E-state index contributed by atoms with van der Waals surface area (Å²) in [6.45, 7) is 11.5. The number of hydrogen-bond acceptors (Lipinski definition) is 5. The van der Waals surface area contributed by atoms with E-state index < -0.39 is 17.9 Å². The minimum Gasteiger partial charge on any atom is -0.394 e. The third kappa shape index (κ3) is 5.56. The van der Waals surface area contributed by atoms with E-state index in [1.165, 1.54) is 6.42 Å². The van der Waals surface area contributed by atoms with Gasteiger partial charge in [0.2, 0.25) is 0 Å².